The van der Waals surface area contributed by atoms with E-state index in [0.29, 0.717) is 29.3 Å². The van der Waals surface area contributed by atoms with Crippen LogP contribution in [-0.4, -0.2) is 86.5 Å². The summed E-state index contributed by atoms with van der Waals surface area (Å²) in [4.78, 5) is 64.5. The normalized spacial score (nSPS) is 17.4. The molecule has 6 aromatic rings. The number of ether oxygens (including phenoxy) is 1. The smallest absolute Gasteiger partial charge is 0.410 e. The third-order valence-corrected chi connectivity index (χ3v) is 11.6. The lowest BCUT2D eigenvalue weighted by Crippen LogP contribution is -2.53. The number of hydrogen-bond acceptors (Lipinski definition) is 6. The number of benzene rings is 3. The molecule has 3 aromatic heterocycles. The van der Waals surface area contributed by atoms with Crippen LogP contribution in [0.1, 0.15) is 70.4 Å². The van der Waals surface area contributed by atoms with Crippen molar-refractivity contribution in [3.63, 3.8) is 0 Å². The van der Waals surface area contributed by atoms with Crippen LogP contribution in [0.5, 0.6) is 0 Å². The Kier molecular flexibility index (Phi) is 8.81. The number of aryl methyl sites for hydroxylation is 1. The van der Waals surface area contributed by atoms with Crippen LogP contribution in [0.4, 0.5) is 21.0 Å². The fourth-order valence-electron chi connectivity index (χ4n) is 7.65. The molecule has 3 aromatic carbocycles. The Morgan fingerprint density at radius 1 is 0.963 bits per heavy atom. The first-order valence-electron chi connectivity index (χ1n) is 17.7. The van der Waals surface area contributed by atoms with Crippen LogP contribution in [0, 0.1) is 6.92 Å². The van der Waals surface area contributed by atoms with Crippen LogP contribution in [-0.2, 0) is 4.74 Å². The molecule has 8 rings (SSSR count). The lowest BCUT2D eigenvalue weighted by atomic mass is 9.92. The summed E-state index contributed by atoms with van der Waals surface area (Å²) in [6.07, 6.45) is -1.59. The molecule has 14 heteroatoms. The molecule has 0 radical (unpaired) electrons. The molecule has 0 spiro atoms. The average Bonchev–Trinajstić information content (AvgIpc) is 3.93. The van der Waals surface area contributed by atoms with Crippen LogP contribution in [0.15, 0.2) is 66.0 Å². The van der Waals surface area contributed by atoms with Crippen molar-refractivity contribution >= 4 is 90.2 Å². The maximum absolute atomic E-state index is 14.5. The molecule has 12 nitrogen and oxygen atoms in total. The number of nitrogens with zero attached hydrogens (tertiary/aromatic N) is 3. The molecule has 54 heavy (non-hydrogen) atoms. The number of aromatic amines is 2. The van der Waals surface area contributed by atoms with Gasteiger partial charge in [-0.1, -0.05) is 18.2 Å². The summed E-state index contributed by atoms with van der Waals surface area (Å²) in [5.41, 5.74) is 5.63. The number of hydrogen-bond donors (Lipinski definition) is 4. The third kappa shape index (κ3) is 6.30. The van der Waals surface area contributed by atoms with Crippen molar-refractivity contribution in [2.75, 3.05) is 42.3 Å². The Morgan fingerprint density at radius 2 is 1.70 bits per heavy atom. The number of amides is 4. The maximum Gasteiger partial charge on any atom is 0.410 e. The summed E-state index contributed by atoms with van der Waals surface area (Å²) >= 11 is 8.14. The number of halogens is 1. The minimum Gasteiger partial charge on any atom is -0.465 e. The van der Waals surface area contributed by atoms with Gasteiger partial charge in [-0.15, -0.1) is 22.9 Å². The molecule has 5 heterocycles. The van der Waals surface area contributed by atoms with E-state index >= 15 is 0 Å². The summed E-state index contributed by atoms with van der Waals surface area (Å²) in [6, 6.07) is 18.0. The molecule has 0 aliphatic carbocycles. The number of carbonyl (C=O) groups is 4. The lowest BCUT2D eigenvalue weighted by molar-refractivity contribution is -0.000365. The highest BCUT2D eigenvalue weighted by atomic mass is 35.5. The van der Waals surface area contributed by atoms with E-state index in [2.05, 4.69) is 15.3 Å². The van der Waals surface area contributed by atoms with E-state index in [1.807, 2.05) is 54.8 Å². The maximum atomic E-state index is 14.5. The Balaban J connectivity index is 1.15. The van der Waals surface area contributed by atoms with Crippen molar-refractivity contribution in [2.45, 2.75) is 45.3 Å². The fraction of sp³-hybridized carbons (Fsp3) is 0.300. The lowest BCUT2D eigenvalue weighted by Gasteiger charge is -2.41. The number of H-pyrrole nitrogens is 2. The largest absolute Gasteiger partial charge is 0.465 e. The SMILES string of the molecule is Cc1csc2c(C3CN(C(=O)O)CCN3C(=O)OC(C)(C)C)cc3c(c12)[C@H](CCl)CN3C(=O)c1cc2cc(NC(=O)c3cc4ccccc4[nH]3)ccc2[nH]1. The topological polar surface area (TPSA) is 151 Å². The number of fused-ring (bicyclic) bond motifs is 5. The molecule has 4 N–H and O–H groups in total. The number of nitrogens with one attached hydrogen (secondary N) is 3. The molecule has 2 atom stereocenters. The molecule has 2 aliphatic heterocycles. The molecule has 0 bridgehead atoms. The van der Waals surface area contributed by atoms with Crippen molar-refractivity contribution in [3.05, 3.63) is 94.1 Å². The molecule has 2 aliphatic rings. The van der Waals surface area contributed by atoms with Gasteiger partial charge in [0.15, 0.2) is 0 Å². The van der Waals surface area contributed by atoms with Crippen LogP contribution in [0.3, 0.4) is 0 Å². The Bertz CT molecular complexity index is 2460. The standard InChI is InChI=1S/C40H39ClN6O6S/c1-21-20-54-35-26(32-19-45(38(50)51)11-12-46(32)39(52)53-40(2,3)4)16-31-34(33(21)35)24(17-41)18-47(31)37(49)30-15-23-13-25(9-10-28(23)44-30)42-36(48)29-14-22-7-5-6-8-27(22)43-29/h5-10,13-16,20,24,32,43-44H,11-12,17-19H2,1-4H3,(H,42,48)(H,50,51)/t24-,32?/m1/s1. The van der Waals surface area contributed by atoms with Crippen molar-refractivity contribution < 1.29 is 29.0 Å². The Labute approximate surface area is 319 Å². The van der Waals surface area contributed by atoms with E-state index in [4.69, 9.17) is 16.3 Å². The Morgan fingerprint density at radius 3 is 2.44 bits per heavy atom. The van der Waals surface area contributed by atoms with E-state index in [1.165, 1.54) is 16.2 Å². The third-order valence-electron chi connectivity index (χ3n) is 10.1. The van der Waals surface area contributed by atoms with Gasteiger partial charge >= 0.3 is 12.2 Å². The molecule has 1 saturated heterocycles. The van der Waals surface area contributed by atoms with E-state index in [0.717, 1.165) is 48.6 Å². The van der Waals surface area contributed by atoms with Gasteiger partial charge in [0.25, 0.3) is 11.8 Å². The highest BCUT2D eigenvalue weighted by Crippen LogP contribution is 2.49. The van der Waals surface area contributed by atoms with Gasteiger partial charge in [0.05, 0.1) is 6.04 Å². The first-order valence-corrected chi connectivity index (χ1v) is 19.1. The van der Waals surface area contributed by atoms with E-state index in [1.54, 1.807) is 48.8 Å². The number of aromatic nitrogens is 2. The van der Waals surface area contributed by atoms with E-state index < -0.39 is 23.8 Å². The van der Waals surface area contributed by atoms with Crippen molar-refractivity contribution in [1.82, 2.24) is 19.8 Å². The van der Waals surface area contributed by atoms with Crippen molar-refractivity contribution in [3.8, 4) is 0 Å². The minimum atomic E-state index is -1.07. The first kappa shape index (κ1) is 35.5. The second-order valence-corrected chi connectivity index (χ2v) is 16.1. The summed E-state index contributed by atoms with van der Waals surface area (Å²) in [7, 11) is 0. The number of rotatable bonds is 5. The van der Waals surface area contributed by atoms with Crippen molar-refractivity contribution in [2.24, 2.45) is 0 Å². The van der Waals surface area contributed by atoms with Crippen LogP contribution < -0.4 is 10.2 Å². The van der Waals surface area contributed by atoms with E-state index in [-0.39, 0.29) is 43.2 Å². The number of para-hydroxylation sites is 1. The number of thiophene rings is 1. The second-order valence-electron chi connectivity index (χ2n) is 14.9. The zero-order chi connectivity index (χ0) is 38.1. The van der Waals surface area contributed by atoms with Gasteiger partial charge in [-0.2, -0.15) is 0 Å². The number of piperazine rings is 1. The van der Waals surface area contributed by atoms with Gasteiger partial charge in [0, 0.05) is 81.2 Å². The zero-order valence-corrected chi connectivity index (χ0v) is 31.7. The highest BCUT2D eigenvalue weighted by Gasteiger charge is 2.41. The van der Waals surface area contributed by atoms with E-state index in [9.17, 15) is 24.3 Å². The summed E-state index contributed by atoms with van der Waals surface area (Å²) in [5.74, 6) is -0.414. The number of carboxylic acid groups (broad SMARTS) is 1. The quantitative estimate of drug-likeness (QED) is 0.129. The number of alkyl halides is 1. The van der Waals surface area contributed by atoms with Gasteiger partial charge in [-0.25, -0.2) is 9.59 Å². The number of anilines is 2. The summed E-state index contributed by atoms with van der Waals surface area (Å²) < 4.78 is 6.72. The predicted octanol–water partition coefficient (Wildman–Crippen LogP) is 8.68. The van der Waals surface area contributed by atoms with Crippen LogP contribution in [0.25, 0.3) is 31.9 Å². The first-order chi connectivity index (χ1) is 25.8. The fourth-order valence-corrected chi connectivity index (χ4v) is 9.03. The molecule has 1 unspecified atom stereocenters. The Hall–Kier alpha value is -5.53. The second kappa shape index (κ2) is 13.4. The average molecular weight is 767 g/mol. The van der Waals surface area contributed by atoms with Gasteiger partial charge in [-0.05, 0) is 92.2 Å². The molecule has 1 fully saturated rings. The van der Waals surface area contributed by atoms with Crippen LogP contribution in [0.2, 0.25) is 0 Å². The molecule has 0 saturated carbocycles. The summed E-state index contributed by atoms with van der Waals surface area (Å²) in [5, 5.41) is 17.6. The zero-order valence-electron chi connectivity index (χ0n) is 30.2. The molecule has 4 amide bonds. The predicted molar refractivity (Wildman–Crippen MR) is 212 cm³/mol. The number of carbonyl (C=O) groups excluding carboxylic acids is 3. The van der Waals surface area contributed by atoms with Gasteiger partial charge in [0.2, 0.25) is 0 Å². The summed E-state index contributed by atoms with van der Waals surface area (Å²) in [6.45, 7) is 8.10. The highest BCUT2D eigenvalue weighted by molar-refractivity contribution is 7.17. The van der Waals surface area contributed by atoms with Gasteiger partial charge in [-0.3, -0.25) is 14.5 Å². The molecular formula is C40H39ClN6O6S. The minimum absolute atomic E-state index is 0.0491. The molecule has 278 valence electrons. The monoisotopic (exact) mass is 766 g/mol. The molecular weight excluding hydrogens is 728 g/mol. The van der Waals surface area contributed by atoms with Gasteiger partial charge in [0.1, 0.15) is 17.0 Å². The van der Waals surface area contributed by atoms with Crippen molar-refractivity contribution in [1.29, 1.82) is 0 Å². The van der Waals surface area contributed by atoms with Crippen LogP contribution >= 0.6 is 22.9 Å². The van der Waals surface area contributed by atoms with Gasteiger partial charge < -0.3 is 34.9 Å².